The quantitative estimate of drug-likeness (QED) is 0.573. The predicted molar refractivity (Wildman–Crippen MR) is 88.1 cm³/mol. The van der Waals surface area contributed by atoms with Crippen molar-refractivity contribution in [2.24, 2.45) is 5.41 Å². The van der Waals surface area contributed by atoms with Gasteiger partial charge >= 0.3 is 0 Å². The zero-order chi connectivity index (χ0) is 15.9. The van der Waals surface area contributed by atoms with Crippen LogP contribution in [0.2, 0.25) is 0 Å². The number of hydrogen-bond acceptors (Lipinski definition) is 4. The number of likely N-dealkylation sites (tertiary alicyclic amines) is 1. The van der Waals surface area contributed by atoms with Crippen LogP contribution in [-0.2, 0) is 0 Å². The Labute approximate surface area is 131 Å². The van der Waals surface area contributed by atoms with Gasteiger partial charge in [-0.15, -0.1) is 0 Å². The van der Waals surface area contributed by atoms with Crippen molar-refractivity contribution in [3.63, 3.8) is 0 Å². The van der Waals surface area contributed by atoms with E-state index in [1.54, 1.807) is 0 Å². The molecule has 1 rings (SSSR count). The normalized spacial score (nSPS) is 19.3. The van der Waals surface area contributed by atoms with Gasteiger partial charge in [0.25, 0.3) is 0 Å². The van der Waals surface area contributed by atoms with Gasteiger partial charge in [-0.1, -0.05) is 32.0 Å². The highest BCUT2D eigenvalue weighted by Gasteiger charge is 2.30. The summed E-state index contributed by atoms with van der Waals surface area (Å²) in [6, 6.07) is 2.26. The van der Waals surface area contributed by atoms with E-state index < -0.39 is 0 Å². The van der Waals surface area contributed by atoms with Crippen LogP contribution in [0.1, 0.15) is 26.2 Å². The molecule has 1 N–H and O–H groups in total. The minimum Gasteiger partial charge on any atom is -0.328 e. The van der Waals surface area contributed by atoms with Gasteiger partial charge in [-0.2, -0.15) is 5.26 Å². The first kappa shape index (κ1) is 17.8. The molecule has 21 heavy (non-hydrogen) atoms. The van der Waals surface area contributed by atoms with E-state index in [1.807, 2.05) is 6.26 Å². The maximum absolute atomic E-state index is 14.2. The van der Waals surface area contributed by atoms with Crippen LogP contribution in [0, 0.1) is 16.7 Å². The smallest absolute Gasteiger partial charge is 0.150 e. The summed E-state index contributed by atoms with van der Waals surface area (Å²) in [5.74, 6) is -0.329. The zero-order valence-corrected chi connectivity index (χ0v) is 13.7. The number of piperidine rings is 1. The highest BCUT2D eigenvalue weighted by molar-refractivity contribution is 7.96. The van der Waals surface area contributed by atoms with Gasteiger partial charge < -0.3 is 4.72 Å². The number of allylic oxidation sites excluding steroid dienone is 1. The van der Waals surface area contributed by atoms with Crippen molar-refractivity contribution in [3.05, 3.63) is 36.3 Å². The molecule has 0 aromatic heterocycles. The first-order chi connectivity index (χ1) is 9.95. The van der Waals surface area contributed by atoms with Crippen LogP contribution in [0.3, 0.4) is 0 Å². The van der Waals surface area contributed by atoms with E-state index in [4.69, 9.17) is 5.26 Å². The fourth-order valence-electron chi connectivity index (χ4n) is 2.43. The topological polar surface area (TPSA) is 39.1 Å². The Morgan fingerprint density at radius 2 is 2.14 bits per heavy atom. The molecule has 0 saturated carbocycles. The summed E-state index contributed by atoms with van der Waals surface area (Å²) in [6.07, 6.45) is 5.83. The van der Waals surface area contributed by atoms with Gasteiger partial charge in [-0.25, -0.2) is 4.39 Å². The van der Waals surface area contributed by atoms with E-state index in [1.165, 1.54) is 18.0 Å². The summed E-state index contributed by atoms with van der Waals surface area (Å²) < 4.78 is 17.1. The lowest BCUT2D eigenvalue weighted by atomic mass is 9.78. The van der Waals surface area contributed by atoms with E-state index in [-0.39, 0.29) is 11.2 Å². The van der Waals surface area contributed by atoms with Gasteiger partial charge in [0.05, 0.1) is 11.8 Å². The summed E-state index contributed by atoms with van der Waals surface area (Å²) >= 11 is 1.33. The summed E-state index contributed by atoms with van der Waals surface area (Å²) in [5, 5.41) is 8.85. The molecule has 0 aliphatic carbocycles. The van der Waals surface area contributed by atoms with Crippen molar-refractivity contribution in [2.45, 2.75) is 26.2 Å². The van der Waals surface area contributed by atoms with Crippen molar-refractivity contribution in [1.82, 2.24) is 9.62 Å². The number of nitrogens with zero attached hydrogens (tertiary/aromatic N) is 2. The average molecular weight is 309 g/mol. The summed E-state index contributed by atoms with van der Waals surface area (Å²) in [7, 11) is 0. The molecule has 0 aromatic carbocycles. The van der Waals surface area contributed by atoms with E-state index in [9.17, 15) is 4.39 Å². The van der Waals surface area contributed by atoms with Gasteiger partial charge in [0.1, 0.15) is 0 Å². The molecule has 0 spiro atoms. The molecule has 0 bridgehead atoms. The number of halogens is 1. The number of rotatable bonds is 7. The summed E-state index contributed by atoms with van der Waals surface area (Å²) in [6.45, 7) is 11.9. The Morgan fingerprint density at radius 3 is 2.62 bits per heavy atom. The van der Waals surface area contributed by atoms with Crippen molar-refractivity contribution >= 4 is 11.9 Å². The molecule has 1 heterocycles. The highest BCUT2D eigenvalue weighted by atomic mass is 32.2. The third kappa shape index (κ3) is 5.22. The SMILES string of the molecule is C=C/C(NSC)=C(/F)C(=C)CN1CCC(C)(CC#N)CC1. The van der Waals surface area contributed by atoms with Crippen molar-refractivity contribution in [3.8, 4) is 6.07 Å². The number of nitrogens with one attached hydrogen (secondary N) is 1. The number of hydrogen-bond donors (Lipinski definition) is 1. The van der Waals surface area contributed by atoms with Crippen molar-refractivity contribution < 1.29 is 4.39 Å². The average Bonchev–Trinajstić information content (AvgIpc) is 2.46. The fourth-order valence-corrected chi connectivity index (χ4v) is 2.83. The number of nitriles is 1. The first-order valence-corrected chi connectivity index (χ1v) is 8.27. The molecular weight excluding hydrogens is 285 g/mol. The second kappa shape index (κ2) is 8.26. The Balaban J connectivity index is 2.58. The maximum atomic E-state index is 14.2. The lowest BCUT2D eigenvalue weighted by Crippen LogP contribution is -2.39. The van der Waals surface area contributed by atoms with Crippen LogP contribution in [0.25, 0.3) is 0 Å². The van der Waals surface area contributed by atoms with Gasteiger partial charge in [-0.3, -0.25) is 4.90 Å². The van der Waals surface area contributed by atoms with E-state index in [0.29, 0.717) is 24.2 Å². The molecule has 5 heteroatoms. The molecule has 0 amide bonds. The van der Waals surface area contributed by atoms with Crippen molar-refractivity contribution in [1.29, 1.82) is 5.26 Å². The molecule has 1 aliphatic rings. The van der Waals surface area contributed by atoms with Crippen LogP contribution >= 0.6 is 11.9 Å². The first-order valence-electron chi connectivity index (χ1n) is 7.04. The van der Waals surface area contributed by atoms with Gasteiger partial charge in [0, 0.05) is 19.2 Å². The lowest BCUT2D eigenvalue weighted by Gasteiger charge is -2.38. The van der Waals surface area contributed by atoms with Crippen LogP contribution in [-0.4, -0.2) is 30.8 Å². The summed E-state index contributed by atoms with van der Waals surface area (Å²) in [5.41, 5.74) is 0.947. The fraction of sp³-hybridized carbons (Fsp3) is 0.562. The molecular formula is C16H24FN3S. The van der Waals surface area contributed by atoms with Crippen molar-refractivity contribution in [2.75, 3.05) is 25.9 Å². The summed E-state index contributed by atoms with van der Waals surface area (Å²) in [4.78, 5) is 2.20. The van der Waals surface area contributed by atoms with Crippen LogP contribution < -0.4 is 4.72 Å². The Hall–Kier alpha value is -1.25. The van der Waals surface area contributed by atoms with E-state index in [0.717, 1.165) is 25.9 Å². The standard InChI is InChI=1S/C16H24FN3S/c1-5-14(19-21-4)15(17)13(2)12-20-10-7-16(3,6-9-18)8-11-20/h5,19H,1-2,6-8,10-12H2,3-4H3/b15-14-. The van der Waals surface area contributed by atoms with Gasteiger partial charge in [0.15, 0.2) is 5.83 Å². The van der Waals surface area contributed by atoms with Gasteiger partial charge in [0.2, 0.25) is 0 Å². The molecule has 116 valence electrons. The highest BCUT2D eigenvalue weighted by Crippen LogP contribution is 2.34. The largest absolute Gasteiger partial charge is 0.328 e. The van der Waals surface area contributed by atoms with E-state index >= 15 is 0 Å². The predicted octanol–water partition coefficient (Wildman–Crippen LogP) is 3.79. The van der Waals surface area contributed by atoms with Crippen LogP contribution in [0.4, 0.5) is 4.39 Å². The second-order valence-electron chi connectivity index (χ2n) is 5.76. The molecule has 3 nitrogen and oxygen atoms in total. The third-order valence-electron chi connectivity index (χ3n) is 3.95. The van der Waals surface area contributed by atoms with Crippen LogP contribution in [0.5, 0.6) is 0 Å². The minimum absolute atomic E-state index is 0.105. The molecule has 0 atom stereocenters. The molecule has 1 aliphatic heterocycles. The Morgan fingerprint density at radius 1 is 1.52 bits per heavy atom. The maximum Gasteiger partial charge on any atom is 0.150 e. The third-order valence-corrected chi connectivity index (χ3v) is 4.37. The molecule has 0 radical (unpaired) electrons. The molecule has 1 saturated heterocycles. The lowest BCUT2D eigenvalue weighted by molar-refractivity contribution is 0.129. The van der Waals surface area contributed by atoms with E-state index in [2.05, 4.69) is 35.8 Å². The Bertz CT molecular complexity index is 457. The monoisotopic (exact) mass is 309 g/mol. The minimum atomic E-state index is -0.329. The second-order valence-corrected chi connectivity index (χ2v) is 6.38. The zero-order valence-electron chi connectivity index (χ0n) is 12.9. The molecule has 0 aromatic rings. The molecule has 1 fully saturated rings. The Kier molecular flexibility index (Phi) is 7.00. The van der Waals surface area contributed by atoms with Gasteiger partial charge in [-0.05, 0) is 43.0 Å². The molecule has 0 unspecified atom stereocenters. The van der Waals surface area contributed by atoms with Crippen LogP contribution in [0.15, 0.2) is 36.3 Å².